The van der Waals surface area contributed by atoms with Crippen LogP contribution in [0.4, 0.5) is 0 Å². The predicted molar refractivity (Wildman–Crippen MR) is 29.9 cm³/mol. The molecular weight excluding hydrogens is 108 g/mol. The standard InChI is InChI=1S/C4H11O2Si/c1-4(2,3)7(5)6/h5-6H,1-3H3. The summed E-state index contributed by atoms with van der Waals surface area (Å²) in [6, 6.07) is 0. The Hall–Kier alpha value is 0.137. The lowest BCUT2D eigenvalue weighted by Crippen LogP contribution is -2.24. The normalized spacial score (nSPS) is 12.9. The van der Waals surface area contributed by atoms with Crippen molar-refractivity contribution in [2.45, 2.75) is 25.8 Å². The topological polar surface area (TPSA) is 40.5 Å². The molecule has 0 rings (SSSR count). The lowest BCUT2D eigenvalue weighted by molar-refractivity contribution is 0.362. The highest BCUT2D eigenvalue weighted by Crippen LogP contribution is 2.22. The van der Waals surface area contributed by atoms with Crippen molar-refractivity contribution in [1.82, 2.24) is 0 Å². The van der Waals surface area contributed by atoms with Gasteiger partial charge in [0.2, 0.25) is 0 Å². The van der Waals surface area contributed by atoms with Gasteiger partial charge in [-0.05, 0) is 0 Å². The molecule has 1 radical (unpaired) electrons. The fraction of sp³-hybridized carbons (Fsp3) is 1.00. The molecule has 0 atom stereocenters. The molecule has 0 spiro atoms. The molecule has 0 saturated carbocycles. The van der Waals surface area contributed by atoms with Crippen LogP contribution in [-0.4, -0.2) is 18.9 Å². The summed E-state index contributed by atoms with van der Waals surface area (Å²) in [5.74, 6) is 0. The number of hydrogen-bond donors (Lipinski definition) is 2. The third-order valence-electron chi connectivity index (χ3n) is 0.671. The van der Waals surface area contributed by atoms with E-state index in [9.17, 15) is 0 Å². The van der Waals surface area contributed by atoms with Gasteiger partial charge in [0, 0.05) is 5.04 Å². The Balaban J connectivity index is 3.54. The molecule has 0 aliphatic rings. The van der Waals surface area contributed by atoms with Crippen molar-refractivity contribution < 1.29 is 9.59 Å². The molecule has 0 aromatic heterocycles. The van der Waals surface area contributed by atoms with Crippen LogP contribution in [0.2, 0.25) is 5.04 Å². The molecule has 0 unspecified atom stereocenters. The maximum Gasteiger partial charge on any atom is 0.384 e. The minimum Gasteiger partial charge on any atom is -0.409 e. The molecule has 0 aliphatic carbocycles. The molecule has 0 aromatic carbocycles. The van der Waals surface area contributed by atoms with Crippen molar-refractivity contribution in [3.05, 3.63) is 0 Å². The molecule has 2 N–H and O–H groups in total. The molecule has 43 valence electrons. The van der Waals surface area contributed by atoms with E-state index in [-0.39, 0.29) is 5.04 Å². The molecule has 0 aliphatic heterocycles. The summed E-state index contributed by atoms with van der Waals surface area (Å²) in [7, 11) is -2.05. The summed E-state index contributed by atoms with van der Waals surface area (Å²) in [5.41, 5.74) is 0. The monoisotopic (exact) mass is 119 g/mol. The van der Waals surface area contributed by atoms with E-state index >= 15 is 0 Å². The molecule has 3 heteroatoms. The van der Waals surface area contributed by atoms with Crippen molar-refractivity contribution in [1.29, 1.82) is 0 Å². The van der Waals surface area contributed by atoms with Crippen LogP contribution in [0.5, 0.6) is 0 Å². The van der Waals surface area contributed by atoms with Crippen LogP contribution in [0.3, 0.4) is 0 Å². The van der Waals surface area contributed by atoms with Gasteiger partial charge in [0.1, 0.15) is 0 Å². The van der Waals surface area contributed by atoms with E-state index in [2.05, 4.69) is 0 Å². The van der Waals surface area contributed by atoms with Gasteiger partial charge in [-0.1, -0.05) is 20.8 Å². The van der Waals surface area contributed by atoms with E-state index in [1.54, 1.807) is 20.8 Å². The SMILES string of the molecule is CC(C)(C)[Si](O)O. The molecule has 0 saturated heterocycles. The van der Waals surface area contributed by atoms with Gasteiger partial charge < -0.3 is 9.59 Å². The van der Waals surface area contributed by atoms with Crippen LogP contribution in [0.25, 0.3) is 0 Å². The Labute approximate surface area is 45.6 Å². The maximum atomic E-state index is 8.55. The van der Waals surface area contributed by atoms with Gasteiger partial charge in [-0.15, -0.1) is 0 Å². The average Bonchev–Trinajstić information content (AvgIpc) is 1.31. The third kappa shape index (κ3) is 2.79. The Kier molecular flexibility index (Phi) is 1.98. The van der Waals surface area contributed by atoms with Crippen LogP contribution in [0.1, 0.15) is 20.8 Å². The highest BCUT2D eigenvalue weighted by atomic mass is 28.3. The average molecular weight is 119 g/mol. The van der Waals surface area contributed by atoms with Gasteiger partial charge >= 0.3 is 9.28 Å². The Bertz CT molecular complexity index is 55.2. The molecule has 0 amide bonds. The van der Waals surface area contributed by atoms with Crippen molar-refractivity contribution >= 4 is 9.28 Å². The van der Waals surface area contributed by atoms with Crippen LogP contribution in [-0.2, 0) is 0 Å². The zero-order valence-electron chi connectivity index (χ0n) is 4.89. The van der Waals surface area contributed by atoms with Crippen LogP contribution < -0.4 is 0 Å². The summed E-state index contributed by atoms with van der Waals surface area (Å²) in [4.78, 5) is 17.1. The fourth-order valence-electron chi connectivity index (χ4n) is 0. The lowest BCUT2D eigenvalue weighted by atomic mass is 10.3. The first-order chi connectivity index (χ1) is 2.94. The smallest absolute Gasteiger partial charge is 0.384 e. The number of hydrogen-bond acceptors (Lipinski definition) is 2. The first-order valence-corrected chi connectivity index (χ1v) is 3.59. The van der Waals surface area contributed by atoms with Crippen molar-refractivity contribution in [2.24, 2.45) is 0 Å². The molecule has 7 heavy (non-hydrogen) atoms. The van der Waals surface area contributed by atoms with Gasteiger partial charge in [-0.25, -0.2) is 0 Å². The summed E-state index contributed by atoms with van der Waals surface area (Å²) in [6.45, 7) is 5.42. The second kappa shape index (κ2) is 1.94. The zero-order valence-corrected chi connectivity index (χ0v) is 5.89. The van der Waals surface area contributed by atoms with E-state index in [1.807, 2.05) is 0 Å². The summed E-state index contributed by atoms with van der Waals surface area (Å²) in [6.07, 6.45) is 0. The molecule has 0 aromatic rings. The van der Waals surface area contributed by atoms with Gasteiger partial charge in [0.05, 0.1) is 0 Å². The van der Waals surface area contributed by atoms with Crippen LogP contribution in [0.15, 0.2) is 0 Å². The first kappa shape index (κ1) is 7.14. The van der Waals surface area contributed by atoms with E-state index in [4.69, 9.17) is 9.59 Å². The summed E-state index contributed by atoms with van der Waals surface area (Å²) in [5, 5.41) is -0.287. The highest BCUT2D eigenvalue weighted by molar-refractivity contribution is 6.45. The van der Waals surface area contributed by atoms with E-state index in [0.717, 1.165) is 0 Å². The van der Waals surface area contributed by atoms with Crippen LogP contribution in [0, 0.1) is 0 Å². The van der Waals surface area contributed by atoms with Gasteiger partial charge in [0.25, 0.3) is 0 Å². The summed E-state index contributed by atoms with van der Waals surface area (Å²) < 4.78 is 0. The van der Waals surface area contributed by atoms with Gasteiger partial charge in [-0.2, -0.15) is 0 Å². The number of rotatable bonds is 0. The molecular formula is C4H11O2Si. The summed E-state index contributed by atoms with van der Waals surface area (Å²) >= 11 is 0. The van der Waals surface area contributed by atoms with Crippen LogP contribution >= 0.6 is 0 Å². The van der Waals surface area contributed by atoms with E-state index < -0.39 is 9.28 Å². The zero-order chi connectivity index (χ0) is 6.08. The Morgan fingerprint density at radius 2 is 1.29 bits per heavy atom. The predicted octanol–water partition coefficient (Wildman–Crippen LogP) is 0.259. The third-order valence-corrected chi connectivity index (χ3v) is 2.01. The van der Waals surface area contributed by atoms with Crippen molar-refractivity contribution in [3.63, 3.8) is 0 Å². The molecule has 0 fully saturated rings. The molecule has 0 heterocycles. The lowest BCUT2D eigenvalue weighted by Gasteiger charge is -2.15. The van der Waals surface area contributed by atoms with Gasteiger partial charge in [-0.3, -0.25) is 0 Å². The second-order valence-corrected chi connectivity index (χ2v) is 4.72. The van der Waals surface area contributed by atoms with E-state index in [0.29, 0.717) is 0 Å². The highest BCUT2D eigenvalue weighted by Gasteiger charge is 2.24. The van der Waals surface area contributed by atoms with E-state index in [1.165, 1.54) is 0 Å². The van der Waals surface area contributed by atoms with Crippen molar-refractivity contribution in [3.8, 4) is 0 Å². The fourth-order valence-corrected chi connectivity index (χ4v) is 0. The molecule has 2 nitrogen and oxygen atoms in total. The minimum absolute atomic E-state index is 0.287. The molecule has 0 bridgehead atoms. The van der Waals surface area contributed by atoms with Crippen molar-refractivity contribution in [2.75, 3.05) is 0 Å². The quantitative estimate of drug-likeness (QED) is 0.449. The first-order valence-electron chi connectivity index (χ1n) is 2.20. The second-order valence-electron chi connectivity index (χ2n) is 2.57. The Morgan fingerprint density at radius 1 is 1.14 bits per heavy atom. The minimum atomic E-state index is -2.05. The largest absolute Gasteiger partial charge is 0.409 e. The maximum absolute atomic E-state index is 8.55. The van der Waals surface area contributed by atoms with Gasteiger partial charge in [0.15, 0.2) is 0 Å². The Morgan fingerprint density at radius 3 is 1.29 bits per heavy atom.